The molecule has 2 aliphatic carbocycles. The van der Waals surface area contributed by atoms with Crippen LogP contribution in [0.1, 0.15) is 32.6 Å². The summed E-state index contributed by atoms with van der Waals surface area (Å²) >= 11 is 1.69. The van der Waals surface area contributed by atoms with Crippen LogP contribution < -0.4 is 0 Å². The van der Waals surface area contributed by atoms with Crippen LogP contribution in [0.3, 0.4) is 0 Å². The van der Waals surface area contributed by atoms with Gasteiger partial charge in [0, 0.05) is 34.5 Å². The minimum absolute atomic E-state index is 0.246. The van der Waals surface area contributed by atoms with Crippen LogP contribution in [0.2, 0.25) is 0 Å². The Balaban J connectivity index is 1.86. The normalized spacial score (nSPS) is 26.1. The first-order valence-electron chi connectivity index (χ1n) is 7.08. The van der Waals surface area contributed by atoms with Gasteiger partial charge in [-0.1, -0.05) is 18.2 Å². The van der Waals surface area contributed by atoms with Gasteiger partial charge in [0.15, 0.2) is 5.78 Å². The molecule has 3 rings (SSSR count). The van der Waals surface area contributed by atoms with Gasteiger partial charge in [-0.3, -0.25) is 9.59 Å². The van der Waals surface area contributed by atoms with Crippen LogP contribution in [0, 0.1) is 5.41 Å². The van der Waals surface area contributed by atoms with E-state index in [-0.39, 0.29) is 11.2 Å². The highest BCUT2D eigenvalue weighted by atomic mass is 32.2. The van der Waals surface area contributed by atoms with Crippen molar-refractivity contribution in [2.45, 2.75) is 37.5 Å². The second-order valence-corrected chi connectivity index (χ2v) is 6.79. The third-order valence-electron chi connectivity index (χ3n) is 4.56. The number of rotatable bonds is 3. The molecule has 3 heteroatoms. The fraction of sp³-hybridized carbons (Fsp3) is 0.412. The maximum absolute atomic E-state index is 12.2. The zero-order valence-corrected chi connectivity index (χ0v) is 12.5. The number of fused-ring (bicyclic) bond motifs is 1. The predicted octanol–water partition coefficient (Wildman–Crippen LogP) is 3.81. The SMILES string of the molecule is C[C@]12CCC(=O)C(CSc3ccccc3)=C1CCC2=O. The lowest BCUT2D eigenvalue weighted by Gasteiger charge is -2.31. The number of carbonyl (C=O) groups excluding carboxylic acids is 2. The van der Waals surface area contributed by atoms with Crippen molar-refractivity contribution in [3.8, 4) is 0 Å². The molecule has 1 fully saturated rings. The van der Waals surface area contributed by atoms with Crippen LogP contribution in [0.15, 0.2) is 46.4 Å². The first-order chi connectivity index (χ1) is 9.61. The Labute approximate surface area is 123 Å². The van der Waals surface area contributed by atoms with E-state index in [1.54, 1.807) is 11.8 Å². The molecule has 2 aliphatic rings. The van der Waals surface area contributed by atoms with Gasteiger partial charge >= 0.3 is 0 Å². The van der Waals surface area contributed by atoms with E-state index in [4.69, 9.17) is 0 Å². The fourth-order valence-electron chi connectivity index (χ4n) is 3.26. The van der Waals surface area contributed by atoms with Crippen molar-refractivity contribution < 1.29 is 9.59 Å². The molecule has 0 N–H and O–H groups in total. The third-order valence-corrected chi connectivity index (χ3v) is 5.60. The van der Waals surface area contributed by atoms with Gasteiger partial charge in [0.2, 0.25) is 0 Å². The topological polar surface area (TPSA) is 34.1 Å². The van der Waals surface area contributed by atoms with Crippen molar-refractivity contribution in [1.82, 2.24) is 0 Å². The second kappa shape index (κ2) is 5.21. The molecule has 0 amide bonds. The lowest BCUT2D eigenvalue weighted by atomic mass is 9.72. The molecule has 20 heavy (non-hydrogen) atoms. The summed E-state index contributed by atoms with van der Waals surface area (Å²) in [6, 6.07) is 10.1. The molecule has 0 spiro atoms. The van der Waals surface area contributed by atoms with Gasteiger partial charge in [0.25, 0.3) is 0 Å². The molecule has 1 aromatic carbocycles. The van der Waals surface area contributed by atoms with Crippen LogP contribution >= 0.6 is 11.8 Å². The highest BCUT2D eigenvalue weighted by Crippen LogP contribution is 2.48. The maximum Gasteiger partial charge on any atom is 0.159 e. The number of hydrogen-bond donors (Lipinski definition) is 0. The van der Waals surface area contributed by atoms with E-state index in [9.17, 15) is 9.59 Å². The monoisotopic (exact) mass is 286 g/mol. The van der Waals surface area contributed by atoms with Gasteiger partial charge in [-0.25, -0.2) is 0 Å². The smallest absolute Gasteiger partial charge is 0.159 e. The van der Waals surface area contributed by atoms with Crippen LogP contribution in [0.4, 0.5) is 0 Å². The summed E-state index contributed by atoms with van der Waals surface area (Å²) in [7, 11) is 0. The molecule has 0 bridgehead atoms. The predicted molar refractivity (Wildman–Crippen MR) is 80.8 cm³/mol. The first kappa shape index (κ1) is 13.6. The van der Waals surface area contributed by atoms with Crippen molar-refractivity contribution >= 4 is 23.3 Å². The molecule has 0 aliphatic heterocycles. The number of benzene rings is 1. The standard InChI is InChI=1S/C17H18O2S/c1-17-10-9-15(18)13(14(17)7-8-16(17)19)11-20-12-5-3-2-4-6-12/h2-6H,7-11H2,1H3/t17-/m0/s1. The van der Waals surface area contributed by atoms with Gasteiger partial charge in [-0.2, -0.15) is 0 Å². The fourth-order valence-corrected chi connectivity index (χ4v) is 4.25. The molecule has 0 radical (unpaired) electrons. The average Bonchev–Trinajstić information content (AvgIpc) is 2.76. The zero-order chi connectivity index (χ0) is 14.2. The van der Waals surface area contributed by atoms with E-state index in [0.717, 1.165) is 17.6 Å². The first-order valence-corrected chi connectivity index (χ1v) is 8.07. The number of carbonyl (C=O) groups is 2. The van der Waals surface area contributed by atoms with Crippen molar-refractivity contribution in [2.75, 3.05) is 5.75 Å². The summed E-state index contributed by atoms with van der Waals surface area (Å²) < 4.78 is 0. The minimum atomic E-state index is -0.347. The highest BCUT2D eigenvalue weighted by Gasteiger charge is 2.46. The van der Waals surface area contributed by atoms with Crippen molar-refractivity contribution in [3.63, 3.8) is 0 Å². The highest BCUT2D eigenvalue weighted by molar-refractivity contribution is 7.99. The van der Waals surface area contributed by atoms with E-state index >= 15 is 0 Å². The van der Waals surface area contributed by atoms with E-state index in [2.05, 4.69) is 12.1 Å². The average molecular weight is 286 g/mol. The molecule has 1 aromatic rings. The van der Waals surface area contributed by atoms with Gasteiger partial charge < -0.3 is 0 Å². The second-order valence-electron chi connectivity index (χ2n) is 5.74. The van der Waals surface area contributed by atoms with E-state index < -0.39 is 0 Å². The Morgan fingerprint density at radius 2 is 1.85 bits per heavy atom. The summed E-state index contributed by atoms with van der Waals surface area (Å²) in [5.41, 5.74) is 1.70. The Morgan fingerprint density at radius 1 is 1.10 bits per heavy atom. The van der Waals surface area contributed by atoms with Crippen molar-refractivity contribution in [3.05, 3.63) is 41.5 Å². The van der Waals surface area contributed by atoms with Crippen molar-refractivity contribution in [1.29, 1.82) is 0 Å². The molecule has 0 saturated heterocycles. The van der Waals surface area contributed by atoms with Crippen LogP contribution in [-0.4, -0.2) is 17.3 Å². The molecule has 0 unspecified atom stereocenters. The molecule has 1 saturated carbocycles. The molecule has 0 heterocycles. The van der Waals surface area contributed by atoms with Gasteiger partial charge in [-0.15, -0.1) is 11.8 Å². The molecule has 104 valence electrons. The Bertz CT molecular complexity index is 588. The lowest BCUT2D eigenvalue weighted by Crippen LogP contribution is -2.31. The Morgan fingerprint density at radius 3 is 2.60 bits per heavy atom. The van der Waals surface area contributed by atoms with Crippen LogP contribution in [-0.2, 0) is 9.59 Å². The maximum atomic E-state index is 12.2. The Hall–Kier alpha value is -1.35. The molecule has 2 nitrogen and oxygen atoms in total. The molecular formula is C17H18O2S. The molecule has 0 aromatic heterocycles. The summed E-state index contributed by atoms with van der Waals surface area (Å²) in [6.45, 7) is 2.03. The van der Waals surface area contributed by atoms with Gasteiger partial charge in [0.1, 0.15) is 5.78 Å². The lowest BCUT2D eigenvalue weighted by molar-refractivity contribution is -0.125. The van der Waals surface area contributed by atoms with Gasteiger partial charge in [-0.05, 0) is 37.5 Å². The number of thioether (sulfide) groups is 1. The Kier molecular flexibility index (Phi) is 3.55. The van der Waals surface area contributed by atoms with E-state index in [1.165, 1.54) is 4.90 Å². The largest absolute Gasteiger partial charge is 0.299 e. The van der Waals surface area contributed by atoms with Crippen molar-refractivity contribution in [2.24, 2.45) is 5.41 Å². The quantitative estimate of drug-likeness (QED) is 0.792. The van der Waals surface area contributed by atoms with E-state index in [1.807, 2.05) is 25.1 Å². The molecule has 1 atom stereocenters. The zero-order valence-electron chi connectivity index (χ0n) is 11.6. The number of hydrogen-bond acceptors (Lipinski definition) is 3. The van der Waals surface area contributed by atoms with Crippen LogP contribution in [0.5, 0.6) is 0 Å². The van der Waals surface area contributed by atoms with Gasteiger partial charge in [0.05, 0.1) is 0 Å². The summed E-state index contributed by atoms with van der Waals surface area (Å²) in [4.78, 5) is 25.5. The number of allylic oxidation sites excluding steroid dienone is 1. The summed E-state index contributed by atoms with van der Waals surface area (Å²) in [5, 5.41) is 0. The summed E-state index contributed by atoms with van der Waals surface area (Å²) in [5.74, 6) is 1.26. The molecular weight excluding hydrogens is 268 g/mol. The third kappa shape index (κ3) is 2.24. The van der Waals surface area contributed by atoms with Crippen LogP contribution in [0.25, 0.3) is 0 Å². The number of ketones is 2. The number of Topliss-reactive ketones (excluding diaryl/α,β-unsaturated/α-hetero) is 2. The minimum Gasteiger partial charge on any atom is -0.299 e. The van der Waals surface area contributed by atoms with E-state index in [0.29, 0.717) is 30.8 Å². The summed E-state index contributed by atoms with van der Waals surface area (Å²) in [6.07, 6.45) is 2.63.